The standard InChI is InChI=1S/C12H13ClN2O3/c13-8-3-10-11(18-6-17-10)4-9(8)15-12(16)5-14-7-1-2-7/h3-4,7,14H,1-2,5-6H2,(H,15,16). The van der Waals surface area contributed by atoms with Crippen molar-refractivity contribution in [3.05, 3.63) is 17.2 Å². The Bertz CT molecular complexity index is 488. The molecule has 0 saturated heterocycles. The number of hydrogen-bond donors (Lipinski definition) is 2. The predicted molar refractivity (Wildman–Crippen MR) is 67.2 cm³/mol. The molecule has 3 rings (SSSR count). The average Bonchev–Trinajstić information content (AvgIpc) is 3.07. The molecule has 1 heterocycles. The number of nitrogens with one attached hydrogen (secondary N) is 2. The van der Waals surface area contributed by atoms with E-state index in [4.69, 9.17) is 21.1 Å². The Kier molecular flexibility index (Phi) is 3.01. The largest absolute Gasteiger partial charge is 0.454 e. The van der Waals surface area contributed by atoms with E-state index in [1.165, 1.54) is 0 Å². The van der Waals surface area contributed by atoms with Crippen LogP contribution in [0.25, 0.3) is 0 Å². The van der Waals surface area contributed by atoms with Crippen molar-refractivity contribution in [2.24, 2.45) is 0 Å². The maximum atomic E-state index is 11.7. The molecule has 1 amide bonds. The van der Waals surface area contributed by atoms with Crippen LogP contribution in [0.2, 0.25) is 5.02 Å². The number of anilines is 1. The molecule has 0 spiro atoms. The number of amides is 1. The van der Waals surface area contributed by atoms with Gasteiger partial charge in [0.05, 0.1) is 17.3 Å². The molecule has 6 heteroatoms. The molecule has 5 nitrogen and oxygen atoms in total. The third-order valence-electron chi connectivity index (χ3n) is 2.86. The van der Waals surface area contributed by atoms with E-state index in [2.05, 4.69) is 10.6 Å². The first-order valence-corrected chi connectivity index (χ1v) is 6.22. The van der Waals surface area contributed by atoms with Crippen LogP contribution in [0.15, 0.2) is 12.1 Å². The Morgan fingerprint density at radius 2 is 2.06 bits per heavy atom. The van der Waals surface area contributed by atoms with Gasteiger partial charge in [-0.15, -0.1) is 0 Å². The molecule has 2 N–H and O–H groups in total. The minimum absolute atomic E-state index is 0.109. The number of carbonyl (C=O) groups is 1. The third-order valence-corrected chi connectivity index (χ3v) is 3.18. The number of ether oxygens (including phenoxy) is 2. The van der Waals surface area contributed by atoms with E-state index in [1.54, 1.807) is 12.1 Å². The highest BCUT2D eigenvalue weighted by Gasteiger charge is 2.22. The molecule has 0 unspecified atom stereocenters. The van der Waals surface area contributed by atoms with Crippen LogP contribution in [0.5, 0.6) is 11.5 Å². The number of halogens is 1. The summed E-state index contributed by atoms with van der Waals surface area (Å²) < 4.78 is 10.4. The van der Waals surface area contributed by atoms with Crippen LogP contribution >= 0.6 is 11.6 Å². The number of benzene rings is 1. The Hall–Kier alpha value is -1.46. The first-order valence-electron chi connectivity index (χ1n) is 5.85. The van der Waals surface area contributed by atoms with Gasteiger partial charge >= 0.3 is 0 Å². The predicted octanol–water partition coefficient (Wildman–Crippen LogP) is 1.76. The fourth-order valence-corrected chi connectivity index (χ4v) is 1.93. The summed E-state index contributed by atoms with van der Waals surface area (Å²) >= 11 is 6.06. The Balaban J connectivity index is 1.65. The van der Waals surface area contributed by atoms with Crippen molar-refractivity contribution < 1.29 is 14.3 Å². The number of hydrogen-bond acceptors (Lipinski definition) is 4. The molecule has 1 aromatic rings. The normalized spacial score (nSPS) is 16.7. The summed E-state index contributed by atoms with van der Waals surface area (Å²) in [6.45, 7) is 0.488. The van der Waals surface area contributed by atoms with Crippen molar-refractivity contribution in [2.45, 2.75) is 18.9 Å². The van der Waals surface area contributed by atoms with Crippen LogP contribution in [0.3, 0.4) is 0 Å². The van der Waals surface area contributed by atoms with Crippen LogP contribution < -0.4 is 20.1 Å². The van der Waals surface area contributed by atoms with Gasteiger partial charge in [0.25, 0.3) is 0 Å². The van der Waals surface area contributed by atoms with Gasteiger partial charge in [0, 0.05) is 18.2 Å². The maximum Gasteiger partial charge on any atom is 0.238 e. The van der Waals surface area contributed by atoms with E-state index in [-0.39, 0.29) is 12.7 Å². The van der Waals surface area contributed by atoms with Gasteiger partial charge in [-0.25, -0.2) is 0 Å². The van der Waals surface area contributed by atoms with Crippen molar-refractivity contribution in [1.29, 1.82) is 0 Å². The Morgan fingerprint density at radius 3 is 2.78 bits per heavy atom. The molecular formula is C12H13ClN2O3. The minimum atomic E-state index is -0.109. The molecule has 1 aliphatic carbocycles. The van der Waals surface area contributed by atoms with Crippen molar-refractivity contribution in [2.75, 3.05) is 18.7 Å². The molecule has 96 valence electrons. The summed E-state index contributed by atoms with van der Waals surface area (Å²) in [5.41, 5.74) is 0.545. The zero-order valence-corrected chi connectivity index (χ0v) is 10.4. The van der Waals surface area contributed by atoms with E-state index in [0.717, 1.165) is 12.8 Å². The Morgan fingerprint density at radius 1 is 1.33 bits per heavy atom. The van der Waals surface area contributed by atoms with E-state index in [9.17, 15) is 4.79 Å². The fourth-order valence-electron chi connectivity index (χ4n) is 1.73. The molecule has 2 aliphatic rings. The van der Waals surface area contributed by atoms with Crippen LogP contribution in [0.1, 0.15) is 12.8 Å². The molecule has 1 aliphatic heterocycles. The highest BCUT2D eigenvalue weighted by atomic mass is 35.5. The molecule has 18 heavy (non-hydrogen) atoms. The zero-order valence-electron chi connectivity index (χ0n) is 9.66. The summed E-state index contributed by atoms with van der Waals surface area (Å²) in [6, 6.07) is 3.83. The summed E-state index contributed by atoms with van der Waals surface area (Å²) in [4.78, 5) is 11.7. The quantitative estimate of drug-likeness (QED) is 0.874. The van der Waals surface area contributed by atoms with Gasteiger partial charge in [0.2, 0.25) is 12.7 Å². The van der Waals surface area contributed by atoms with Gasteiger partial charge in [-0.1, -0.05) is 11.6 Å². The van der Waals surface area contributed by atoms with Crippen LogP contribution in [-0.2, 0) is 4.79 Å². The maximum absolute atomic E-state index is 11.7. The SMILES string of the molecule is O=C(CNC1CC1)Nc1cc2c(cc1Cl)OCO2. The third kappa shape index (κ3) is 2.52. The molecule has 0 aromatic heterocycles. The highest BCUT2D eigenvalue weighted by Crippen LogP contribution is 2.39. The van der Waals surface area contributed by atoms with Crippen LogP contribution in [0, 0.1) is 0 Å². The molecule has 0 bridgehead atoms. The monoisotopic (exact) mass is 268 g/mol. The second kappa shape index (κ2) is 4.66. The van der Waals surface area contributed by atoms with Crippen LogP contribution in [0.4, 0.5) is 5.69 Å². The van der Waals surface area contributed by atoms with Crippen LogP contribution in [-0.4, -0.2) is 25.3 Å². The lowest BCUT2D eigenvalue weighted by molar-refractivity contribution is -0.115. The van der Waals surface area contributed by atoms with Crippen molar-refractivity contribution in [1.82, 2.24) is 5.32 Å². The molecule has 1 saturated carbocycles. The minimum Gasteiger partial charge on any atom is -0.454 e. The average molecular weight is 269 g/mol. The van der Waals surface area contributed by atoms with E-state index in [0.29, 0.717) is 34.8 Å². The molecular weight excluding hydrogens is 256 g/mol. The number of rotatable bonds is 4. The molecule has 0 radical (unpaired) electrons. The molecule has 1 aromatic carbocycles. The second-order valence-corrected chi connectivity index (χ2v) is 4.80. The lowest BCUT2D eigenvalue weighted by Gasteiger charge is -2.08. The summed E-state index contributed by atoms with van der Waals surface area (Å²) in [5, 5.41) is 6.33. The van der Waals surface area contributed by atoms with E-state index in [1.807, 2.05) is 0 Å². The summed E-state index contributed by atoms with van der Waals surface area (Å²) in [5.74, 6) is 1.10. The summed E-state index contributed by atoms with van der Waals surface area (Å²) in [6.07, 6.45) is 2.30. The van der Waals surface area contributed by atoms with Gasteiger partial charge in [-0.2, -0.15) is 0 Å². The summed E-state index contributed by atoms with van der Waals surface area (Å²) in [7, 11) is 0. The molecule has 0 atom stereocenters. The highest BCUT2D eigenvalue weighted by molar-refractivity contribution is 6.34. The van der Waals surface area contributed by atoms with Crippen molar-refractivity contribution in [3.8, 4) is 11.5 Å². The topological polar surface area (TPSA) is 59.6 Å². The van der Waals surface area contributed by atoms with Gasteiger partial charge in [0.1, 0.15) is 0 Å². The first kappa shape index (κ1) is 11.6. The van der Waals surface area contributed by atoms with Crippen molar-refractivity contribution in [3.63, 3.8) is 0 Å². The van der Waals surface area contributed by atoms with Crippen molar-refractivity contribution >= 4 is 23.2 Å². The smallest absolute Gasteiger partial charge is 0.238 e. The Labute approximate surface area is 109 Å². The van der Waals surface area contributed by atoms with E-state index >= 15 is 0 Å². The zero-order chi connectivity index (χ0) is 12.5. The van der Waals surface area contributed by atoms with Gasteiger partial charge < -0.3 is 20.1 Å². The number of fused-ring (bicyclic) bond motifs is 1. The van der Waals surface area contributed by atoms with Gasteiger partial charge in [-0.3, -0.25) is 4.79 Å². The van der Waals surface area contributed by atoms with Gasteiger partial charge in [0.15, 0.2) is 11.5 Å². The van der Waals surface area contributed by atoms with Gasteiger partial charge in [-0.05, 0) is 12.8 Å². The second-order valence-electron chi connectivity index (χ2n) is 4.39. The lowest BCUT2D eigenvalue weighted by atomic mass is 10.2. The first-order chi connectivity index (χ1) is 8.72. The number of carbonyl (C=O) groups excluding carboxylic acids is 1. The fraction of sp³-hybridized carbons (Fsp3) is 0.417. The van der Waals surface area contributed by atoms with E-state index < -0.39 is 0 Å². The molecule has 1 fully saturated rings. The lowest BCUT2D eigenvalue weighted by Crippen LogP contribution is -2.29.